The molecule has 2 aromatic carbocycles. The molecule has 1 fully saturated rings. The Hall–Kier alpha value is -2.77. The van der Waals surface area contributed by atoms with E-state index in [9.17, 15) is 4.79 Å². The zero-order valence-corrected chi connectivity index (χ0v) is 17.8. The van der Waals surface area contributed by atoms with E-state index in [2.05, 4.69) is 31.9 Å². The van der Waals surface area contributed by atoms with Crippen molar-refractivity contribution in [1.82, 2.24) is 9.55 Å². The van der Waals surface area contributed by atoms with Gasteiger partial charge in [-0.3, -0.25) is 4.79 Å². The van der Waals surface area contributed by atoms with Crippen LogP contribution in [0.15, 0.2) is 72.1 Å². The van der Waals surface area contributed by atoms with Gasteiger partial charge in [-0.05, 0) is 36.8 Å². The molecular weight excluding hydrogens is 396 g/mol. The predicted octanol–water partition coefficient (Wildman–Crippen LogP) is 3.89. The minimum absolute atomic E-state index is 0.0339. The van der Waals surface area contributed by atoms with Gasteiger partial charge in [-0.25, -0.2) is 4.98 Å². The van der Waals surface area contributed by atoms with Crippen LogP contribution in [0.1, 0.15) is 12.5 Å². The number of amides is 1. The van der Waals surface area contributed by atoms with Crippen LogP contribution in [0.2, 0.25) is 0 Å². The van der Waals surface area contributed by atoms with Crippen molar-refractivity contribution in [2.75, 3.05) is 36.5 Å². The highest BCUT2D eigenvalue weighted by Crippen LogP contribution is 2.24. The second kappa shape index (κ2) is 9.82. The van der Waals surface area contributed by atoms with E-state index in [0.29, 0.717) is 0 Å². The van der Waals surface area contributed by atoms with Gasteiger partial charge in [0, 0.05) is 43.4 Å². The van der Waals surface area contributed by atoms with Gasteiger partial charge in [0.25, 0.3) is 0 Å². The highest BCUT2D eigenvalue weighted by atomic mass is 32.2. The number of anilines is 2. The molecule has 0 aliphatic carbocycles. The number of imidazole rings is 1. The topological polar surface area (TPSA) is 59.4 Å². The summed E-state index contributed by atoms with van der Waals surface area (Å²) in [6, 6.07) is 18.2. The van der Waals surface area contributed by atoms with Crippen molar-refractivity contribution in [1.29, 1.82) is 0 Å². The van der Waals surface area contributed by atoms with Gasteiger partial charge in [-0.15, -0.1) is 0 Å². The fourth-order valence-corrected chi connectivity index (χ4v) is 4.21. The molecule has 7 heteroatoms. The Morgan fingerprint density at radius 2 is 1.87 bits per heavy atom. The molecule has 30 heavy (non-hydrogen) atoms. The van der Waals surface area contributed by atoms with Gasteiger partial charge >= 0.3 is 0 Å². The summed E-state index contributed by atoms with van der Waals surface area (Å²) in [5, 5.41) is 3.59. The zero-order chi connectivity index (χ0) is 20.8. The third-order valence-corrected chi connectivity index (χ3v) is 6.15. The third-order valence-electron chi connectivity index (χ3n) is 5.04. The molecule has 1 aliphatic heterocycles. The summed E-state index contributed by atoms with van der Waals surface area (Å²) in [6.45, 7) is 5.95. The molecule has 156 valence electrons. The second-order valence-electron chi connectivity index (χ2n) is 7.22. The van der Waals surface area contributed by atoms with Gasteiger partial charge in [0.05, 0.1) is 18.5 Å². The number of carbonyl (C=O) groups is 1. The van der Waals surface area contributed by atoms with E-state index in [1.165, 1.54) is 17.3 Å². The second-order valence-corrected chi connectivity index (χ2v) is 8.53. The molecule has 0 saturated carbocycles. The number of ether oxygens (including phenoxy) is 1. The lowest BCUT2D eigenvalue weighted by Crippen LogP contribution is -2.36. The first-order valence-electron chi connectivity index (χ1n) is 10.1. The van der Waals surface area contributed by atoms with Crippen LogP contribution in [0, 0.1) is 0 Å². The lowest BCUT2D eigenvalue weighted by Gasteiger charge is -2.28. The Morgan fingerprint density at radius 1 is 1.13 bits per heavy atom. The molecule has 2 heterocycles. The number of benzene rings is 2. The van der Waals surface area contributed by atoms with Crippen molar-refractivity contribution in [2.45, 2.75) is 23.9 Å². The average molecular weight is 423 g/mol. The highest BCUT2D eigenvalue weighted by Gasteiger charge is 2.18. The molecule has 1 atom stereocenters. The van der Waals surface area contributed by atoms with E-state index >= 15 is 0 Å². The Balaban J connectivity index is 1.34. The number of nitrogens with zero attached hydrogens (tertiary/aromatic N) is 3. The van der Waals surface area contributed by atoms with E-state index in [4.69, 9.17) is 4.74 Å². The highest BCUT2D eigenvalue weighted by molar-refractivity contribution is 8.00. The fourth-order valence-electron chi connectivity index (χ4n) is 3.35. The van der Waals surface area contributed by atoms with E-state index < -0.39 is 0 Å². The van der Waals surface area contributed by atoms with E-state index in [-0.39, 0.29) is 11.2 Å². The van der Waals surface area contributed by atoms with Crippen LogP contribution < -0.4 is 10.2 Å². The molecule has 1 aromatic heterocycles. The summed E-state index contributed by atoms with van der Waals surface area (Å²) in [5.41, 5.74) is 3.16. The maximum Gasteiger partial charge on any atom is 0.237 e. The number of aromatic nitrogens is 2. The lowest BCUT2D eigenvalue weighted by molar-refractivity contribution is -0.115. The molecule has 3 aromatic rings. The minimum Gasteiger partial charge on any atom is -0.378 e. The van der Waals surface area contributed by atoms with E-state index in [1.807, 2.05) is 55.6 Å². The normalized spacial score (nSPS) is 15.0. The number of rotatable bonds is 7. The van der Waals surface area contributed by atoms with Crippen molar-refractivity contribution in [3.63, 3.8) is 0 Å². The molecule has 0 radical (unpaired) electrons. The molecule has 0 bridgehead atoms. The Bertz CT molecular complexity index is 953. The number of hydrogen-bond acceptors (Lipinski definition) is 5. The Kier molecular flexibility index (Phi) is 6.71. The maximum absolute atomic E-state index is 12.7. The van der Waals surface area contributed by atoms with Crippen LogP contribution in [-0.2, 0) is 16.1 Å². The Morgan fingerprint density at radius 3 is 2.60 bits per heavy atom. The summed E-state index contributed by atoms with van der Waals surface area (Å²) < 4.78 is 7.47. The van der Waals surface area contributed by atoms with Crippen molar-refractivity contribution in [2.24, 2.45) is 0 Å². The van der Waals surface area contributed by atoms with Gasteiger partial charge in [0.15, 0.2) is 5.16 Å². The van der Waals surface area contributed by atoms with Crippen molar-refractivity contribution >= 4 is 29.0 Å². The van der Waals surface area contributed by atoms with Crippen LogP contribution in [0.5, 0.6) is 0 Å². The maximum atomic E-state index is 12.7. The van der Waals surface area contributed by atoms with Gasteiger partial charge in [0.1, 0.15) is 0 Å². The Labute approximate surface area is 181 Å². The summed E-state index contributed by atoms with van der Waals surface area (Å²) >= 11 is 1.47. The largest absolute Gasteiger partial charge is 0.378 e. The molecule has 1 aliphatic rings. The first-order chi connectivity index (χ1) is 14.7. The first kappa shape index (κ1) is 20.5. The lowest BCUT2D eigenvalue weighted by atomic mass is 10.2. The van der Waals surface area contributed by atoms with Crippen LogP contribution in [0.25, 0.3) is 0 Å². The monoisotopic (exact) mass is 422 g/mol. The number of nitrogens with one attached hydrogen (secondary N) is 1. The van der Waals surface area contributed by atoms with Crippen LogP contribution >= 0.6 is 11.8 Å². The van der Waals surface area contributed by atoms with Crippen LogP contribution in [0.3, 0.4) is 0 Å². The smallest absolute Gasteiger partial charge is 0.237 e. The van der Waals surface area contributed by atoms with Crippen molar-refractivity contribution in [3.8, 4) is 0 Å². The number of thioether (sulfide) groups is 1. The van der Waals surface area contributed by atoms with Crippen LogP contribution in [-0.4, -0.2) is 47.0 Å². The third kappa shape index (κ3) is 5.23. The van der Waals surface area contributed by atoms with Gasteiger partial charge in [0.2, 0.25) is 5.91 Å². The summed E-state index contributed by atoms with van der Waals surface area (Å²) in [4.78, 5) is 19.4. The first-order valence-corrected chi connectivity index (χ1v) is 11.0. The SMILES string of the molecule is C[C@@H](Sc1nccn1Cc1ccccc1)C(=O)Nc1ccc(N2CCOCC2)cc1. The molecule has 0 spiro atoms. The predicted molar refractivity (Wildman–Crippen MR) is 121 cm³/mol. The van der Waals surface area contributed by atoms with Gasteiger partial charge in [-0.2, -0.15) is 0 Å². The number of carbonyl (C=O) groups excluding carboxylic acids is 1. The summed E-state index contributed by atoms with van der Waals surface area (Å²) in [5.74, 6) is -0.0339. The van der Waals surface area contributed by atoms with Gasteiger partial charge < -0.3 is 19.5 Å². The van der Waals surface area contributed by atoms with Gasteiger partial charge in [-0.1, -0.05) is 42.1 Å². The molecule has 6 nitrogen and oxygen atoms in total. The summed E-state index contributed by atoms with van der Waals surface area (Å²) in [7, 11) is 0. The molecular formula is C23H26N4O2S. The summed E-state index contributed by atoms with van der Waals surface area (Å²) in [6.07, 6.45) is 3.73. The molecule has 0 unspecified atom stereocenters. The average Bonchev–Trinajstić information content (AvgIpc) is 3.22. The molecule has 1 saturated heterocycles. The standard InChI is InChI=1S/C23H26N4O2S/c1-18(30-23-24-11-12-27(23)17-19-5-3-2-4-6-19)22(28)25-20-7-9-21(10-8-20)26-13-15-29-16-14-26/h2-12,18H,13-17H2,1H3,(H,25,28)/t18-/m1/s1. The quantitative estimate of drug-likeness (QED) is 0.586. The molecule has 1 amide bonds. The zero-order valence-electron chi connectivity index (χ0n) is 17.0. The fraction of sp³-hybridized carbons (Fsp3) is 0.304. The van der Waals surface area contributed by atoms with Crippen LogP contribution in [0.4, 0.5) is 11.4 Å². The van der Waals surface area contributed by atoms with Crippen molar-refractivity contribution < 1.29 is 9.53 Å². The molecule has 4 rings (SSSR count). The van der Waals surface area contributed by atoms with Crippen molar-refractivity contribution in [3.05, 3.63) is 72.6 Å². The number of morpholine rings is 1. The minimum atomic E-state index is -0.263. The molecule has 1 N–H and O–H groups in total. The van der Waals surface area contributed by atoms with E-state index in [0.717, 1.165) is 49.4 Å². The number of hydrogen-bond donors (Lipinski definition) is 1. The van der Waals surface area contributed by atoms with E-state index in [1.54, 1.807) is 6.20 Å².